The predicted octanol–water partition coefficient (Wildman–Crippen LogP) is 3.04. The van der Waals surface area contributed by atoms with Crippen LogP contribution in [0.1, 0.15) is 18.9 Å². The molecule has 6 nitrogen and oxygen atoms in total. The van der Waals surface area contributed by atoms with Gasteiger partial charge in [0.25, 0.3) is 0 Å². The maximum Gasteiger partial charge on any atom is 0.163 e. The van der Waals surface area contributed by atoms with E-state index in [4.69, 9.17) is 4.98 Å². The molecule has 4 aromatic rings. The number of aromatic amines is 1. The standard InChI is InChI=1S/C18H17FN6/c19-12-6-14-15(10-23-16(14)22-8-12)17-21-7-11-3-5-25(18(11)24-17)13-2-1-4-20-9-13/h3,5-8,10,13,20H,1-2,4,9H2,(H,22,23). The van der Waals surface area contributed by atoms with Gasteiger partial charge in [0.05, 0.1) is 6.20 Å². The zero-order valence-corrected chi connectivity index (χ0v) is 13.5. The zero-order valence-electron chi connectivity index (χ0n) is 13.5. The van der Waals surface area contributed by atoms with Crippen LogP contribution in [0, 0.1) is 5.82 Å². The van der Waals surface area contributed by atoms with Crippen molar-refractivity contribution in [2.75, 3.05) is 13.1 Å². The lowest BCUT2D eigenvalue weighted by atomic mass is 10.1. The van der Waals surface area contributed by atoms with Crippen molar-refractivity contribution in [3.8, 4) is 11.4 Å². The molecular weight excluding hydrogens is 319 g/mol. The van der Waals surface area contributed by atoms with Crippen LogP contribution in [-0.2, 0) is 0 Å². The molecule has 0 amide bonds. The highest BCUT2D eigenvalue weighted by Crippen LogP contribution is 2.28. The summed E-state index contributed by atoms with van der Waals surface area (Å²) in [5, 5.41) is 5.15. The number of pyridine rings is 1. The van der Waals surface area contributed by atoms with Crippen LogP contribution in [0.4, 0.5) is 4.39 Å². The summed E-state index contributed by atoms with van der Waals surface area (Å²) in [5.74, 6) is 0.209. The van der Waals surface area contributed by atoms with Gasteiger partial charge in [-0.3, -0.25) is 0 Å². The molecule has 5 heterocycles. The monoisotopic (exact) mass is 336 g/mol. The molecule has 0 aromatic carbocycles. The largest absolute Gasteiger partial charge is 0.345 e. The van der Waals surface area contributed by atoms with Gasteiger partial charge in [0.1, 0.15) is 17.1 Å². The van der Waals surface area contributed by atoms with Crippen molar-refractivity contribution in [2.45, 2.75) is 18.9 Å². The minimum absolute atomic E-state index is 0.369. The first-order valence-electron chi connectivity index (χ1n) is 8.47. The molecule has 1 fully saturated rings. The molecule has 0 bridgehead atoms. The van der Waals surface area contributed by atoms with Crippen molar-refractivity contribution in [3.05, 3.63) is 42.7 Å². The minimum atomic E-state index is -0.369. The third-order valence-electron chi connectivity index (χ3n) is 4.86. The fraction of sp³-hybridized carbons (Fsp3) is 0.278. The number of piperidine rings is 1. The molecule has 0 saturated carbocycles. The summed E-state index contributed by atoms with van der Waals surface area (Å²) >= 11 is 0. The minimum Gasteiger partial charge on any atom is -0.345 e. The van der Waals surface area contributed by atoms with Crippen molar-refractivity contribution in [2.24, 2.45) is 0 Å². The van der Waals surface area contributed by atoms with Crippen LogP contribution >= 0.6 is 0 Å². The summed E-state index contributed by atoms with van der Waals surface area (Å²) in [6.45, 7) is 2.02. The first-order valence-corrected chi connectivity index (χ1v) is 8.47. The van der Waals surface area contributed by atoms with Gasteiger partial charge in [-0.2, -0.15) is 0 Å². The molecule has 0 aliphatic carbocycles. The zero-order chi connectivity index (χ0) is 16.8. The summed E-state index contributed by atoms with van der Waals surface area (Å²) in [4.78, 5) is 16.4. The summed E-state index contributed by atoms with van der Waals surface area (Å²) in [7, 11) is 0. The highest BCUT2D eigenvalue weighted by Gasteiger charge is 2.18. The number of nitrogens with one attached hydrogen (secondary N) is 2. The Bertz CT molecular complexity index is 1060. The number of H-pyrrole nitrogens is 1. The predicted molar refractivity (Wildman–Crippen MR) is 93.7 cm³/mol. The number of nitrogens with zero attached hydrogens (tertiary/aromatic N) is 4. The van der Waals surface area contributed by atoms with Crippen LogP contribution in [0.3, 0.4) is 0 Å². The Morgan fingerprint density at radius 2 is 2.20 bits per heavy atom. The van der Waals surface area contributed by atoms with Gasteiger partial charge in [-0.15, -0.1) is 0 Å². The number of aromatic nitrogens is 5. The fourth-order valence-electron chi connectivity index (χ4n) is 3.60. The third kappa shape index (κ3) is 2.39. The quantitative estimate of drug-likeness (QED) is 0.590. The van der Waals surface area contributed by atoms with Crippen molar-refractivity contribution >= 4 is 22.1 Å². The number of halogens is 1. The number of rotatable bonds is 2. The van der Waals surface area contributed by atoms with Gasteiger partial charge in [-0.25, -0.2) is 19.3 Å². The summed E-state index contributed by atoms with van der Waals surface area (Å²) in [5.41, 5.74) is 2.31. The number of hydrogen-bond donors (Lipinski definition) is 2. The molecule has 7 heteroatoms. The Hall–Kier alpha value is -2.80. The fourth-order valence-corrected chi connectivity index (χ4v) is 3.60. The van der Waals surface area contributed by atoms with Crippen LogP contribution in [0.5, 0.6) is 0 Å². The van der Waals surface area contributed by atoms with E-state index in [0.29, 0.717) is 22.9 Å². The maximum absolute atomic E-state index is 13.6. The molecule has 5 rings (SSSR count). The highest BCUT2D eigenvalue weighted by atomic mass is 19.1. The Labute approximate surface area is 143 Å². The molecule has 1 atom stereocenters. The molecule has 1 aliphatic heterocycles. The third-order valence-corrected chi connectivity index (χ3v) is 4.86. The average Bonchev–Trinajstić information content (AvgIpc) is 3.25. The normalized spacial score (nSPS) is 18.2. The topological polar surface area (TPSA) is 71.4 Å². The van der Waals surface area contributed by atoms with Crippen LogP contribution in [0.25, 0.3) is 33.5 Å². The van der Waals surface area contributed by atoms with Crippen LogP contribution in [0.15, 0.2) is 36.9 Å². The maximum atomic E-state index is 13.6. The van der Waals surface area contributed by atoms with Crippen LogP contribution < -0.4 is 5.32 Å². The Morgan fingerprint density at radius 3 is 3.08 bits per heavy atom. The van der Waals surface area contributed by atoms with Crippen LogP contribution in [0.2, 0.25) is 0 Å². The first kappa shape index (κ1) is 14.5. The molecule has 126 valence electrons. The van der Waals surface area contributed by atoms with E-state index in [1.165, 1.54) is 12.3 Å². The van der Waals surface area contributed by atoms with Crippen molar-refractivity contribution in [1.82, 2.24) is 29.8 Å². The van der Waals surface area contributed by atoms with Gasteiger partial charge in [0, 0.05) is 47.5 Å². The summed E-state index contributed by atoms with van der Waals surface area (Å²) in [6, 6.07) is 3.91. The molecule has 2 N–H and O–H groups in total. The van der Waals surface area contributed by atoms with Crippen molar-refractivity contribution in [3.63, 3.8) is 0 Å². The van der Waals surface area contributed by atoms with E-state index < -0.39 is 0 Å². The lowest BCUT2D eigenvalue weighted by Gasteiger charge is -2.24. The molecular formula is C18H17FN6. The Morgan fingerprint density at radius 1 is 1.24 bits per heavy atom. The van der Waals surface area contributed by atoms with Gasteiger partial charge in [0.2, 0.25) is 0 Å². The molecule has 1 saturated heterocycles. The Kier molecular flexibility index (Phi) is 3.27. The molecule has 0 spiro atoms. The van der Waals surface area contributed by atoms with Crippen molar-refractivity contribution in [1.29, 1.82) is 0 Å². The van der Waals surface area contributed by atoms with E-state index in [-0.39, 0.29) is 5.82 Å². The lowest BCUT2D eigenvalue weighted by molar-refractivity contribution is 0.378. The van der Waals surface area contributed by atoms with E-state index in [2.05, 4.69) is 31.0 Å². The van der Waals surface area contributed by atoms with Gasteiger partial charge in [0.15, 0.2) is 5.82 Å². The van der Waals surface area contributed by atoms with E-state index in [9.17, 15) is 4.39 Å². The second-order valence-electron chi connectivity index (χ2n) is 6.45. The van der Waals surface area contributed by atoms with Gasteiger partial charge in [-0.05, 0) is 31.5 Å². The highest BCUT2D eigenvalue weighted by molar-refractivity contribution is 5.92. The molecule has 4 aromatic heterocycles. The molecule has 0 radical (unpaired) electrons. The second kappa shape index (κ2) is 5.63. The summed E-state index contributed by atoms with van der Waals surface area (Å²) < 4.78 is 15.8. The SMILES string of the molecule is Fc1cnc2[nH]cc(-c3ncc4ccn(C5CCCNC5)c4n3)c2c1. The second-order valence-corrected chi connectivity index (χ2v) is 6.45. The summed E-state index contributed by atoms with van der Waals surface area (Å²) in [6.07, 6.45) is 9.20. The van der Waals surface area contributed by atoms with E-state index >= 15 is 0 Å². The smallest absolute Gasteiger partial charge is 0.163 e. The Balaban J connectivity index is 1.65. The van der Waals surface area contributed by atoms with E-state index in [1.807, 2.05) is 12.3 Å². The average molecular weight is 336 g/mol. The van der Waals surface area contributed by atoms with Crippen LogP contribution in [-0.4, -0.2) is 37.6 Å². The molecule has 1 aliphatic rings. The first-order chi connectivity index (χ1) is 12.3. The van der Waals surface area contributed by atoms with Gasteiger partial charge in [-0.1, -0.05) is 0 Å². The van der Waals surface area contributed by atoms with E-state index in [1.54, 1.807) is 6.20 Å². The molecule has 1 unspecified atom stereocenters. The number of hydrogen-bond acceptors (Lipinski definition) is 4. The molecule has 25 heavy (non-hydrogen) atoms. The van der Waals surface area contributed by atoms with Gasteiger partial charge < -0.3 is 14.9 Å². The van der Waals surface area contributed by atoms with Gasteiger partial charge >= 0.3 is 0 Å². The number of fused-ring (bicyclic) bond motifs is 2. The van der Waals surface area contributed by atoms with Crippen molar-refractivity contribution < 1.29 is 4.39 Å². The lowest BCUT2D eigenvalue weighted by Crippen LogP contribution is -2.31. The van der Waals surface area contributed by atoms with E-state index in [0.717, 1.165) is 42.5 Å².